The Balaban J connectivity index is 1.45. The third-order valence-corrected chi connectivity index (χ3v) is 6.68. The van der Waals surface area contributed by atoms with Crippen molar-refractivity contribution in [2.24, 2.45) is 0 Å². The first-order valence-corrected chi connectivity index (χ1v) is 12.0. The first-order chi connectivity index (χ1) is 15.6. The van der Waals surface area contributed by atoms with Gasteiger partial charge in [0.05, 0.1) is 11.4 Å². The Labute approximate surface area is 195 Å². The van der Waals surface area contributed by atoms with Crippen molar-refractivity contribution in [3.63, 3.8) is 0 Å². The Bertz CT molecular complexity index is 1050. The number of tetrazole rings is 1. The van der Waals surface area contributed by atoms with Gasteiger partial charge in [-0.1, -0.05) is 55.1 Å². The number of nitrogens with zero attached hydrogens (tertiary/aromatic N) is 5. The molecule has 0 unspecified atom stereocenters. The molecule has 0 bridgehead atoms. The van der Waals surface area contributed by atoms with Crippen LogP contribution in [0.4, 0.5) is 0 Å². The Kier molecular flexibility index (Phi) is 7.49. The van der Waals surface area contributed by atoms with Crippen LogP contribution >= 0.6 is 22.9 Å². The van der Waals surface area contributed by atoms with Gasteiger partial charge in [0, 0.05) is 17.6 Å². The minimum Gasteiger partial charge on any atom is -0.352 e. The van der Waals surface area contributed by atoms with Crippen LogP contribution in [0.2, 0.25) is 5.02 Å². The summed E-state index contributed by atoms with van der Waals surface area (Å²) in [5.74, 6) is 0.0301. The summed E-state index contributed by atoms with van der Waals surface area (Å²) in [6.07, 6.45) is 5.43. The fourth-order valence-electron chi connectivity index (χ4n) is 3.79. The second-order valence-corrected chi connectivity index (χ2v) is 9.22. The van der Waals surface area contributed by atoms with Gasteiger partial charge in [-0.05, 0) is 41.1 Å². The molecule has 1 aromatic carbocycles. The molecule has 0 aliphatic heterocycles. The number of rotatable bonds is 8. The van der Waals surface area contributed by atoms with Gasteiger partial charge in [0.25, 0.3) is 0 Å². The largest absolute Gasteiger partial charge is 0.352 e. The molecule has 1 N–H and O–H groups in total. The number of carbonyl (C=O) groups excluding carboxylic acids is 2. The third kappa shape index (κ3) is 5.92. The highest BCUT2D eigenvalue weighted by Crippen LogP contribution is 2.20. The van der Waals surface area contributed by atoms with Gasteiger partial charge < -0.3 is 10.2 Å². The quantitative estimate of drug-likeness (QED) is 0.541. The molecule has 1 aliphatic rings. The molecular weight excluding hydrogens is 448 g/mol. The average Bonchev–Trinajstić information content (AvgIpc) is 3.47. The fraction of sp³-hybridized carbons (Fsp3) is 0.409. The zero-order valence-electron chi connectivity index (χ0n) is 17.6. The van der Waals surface area contributed by atoms with E-state index in [-0.39, 0.29) is 37.5 Å². The number of hydrogen-bond donors (Lipinski definition) is 1. The van der Waals surface area contributed by atoms with Crippen molar-refractivity contribution >= 4 is 34.8 Å². The fourth-order valence-corrected chi connectivity index (χ4v) is 4.64. The SMILES string of the molecule is O=C(CN(Cc1ccccc1Cl)C(=O)Cn1nnc(-c2cccs2)n1)NC1CCCCC1. The van der Waals surface area contributed by atoms with Crippen LogP contribution < -0.4 is 5.32 Å². The number of halogens is 1. The molecule has 0 atom stereocenters. The summed E-state index contributed by atoms with van der Waals surface area (Å²) < 4.78 is 0. The zero-order chi connectivity index (χ0) is 22.3. The normalized spacial score (nSPS) is 14.3. The molecule has 10 heteroatoms. The lowest BCUT2D eigenvalue weighted by molar-refractivity contribution is -0.137. The lowest BCUT2D eigenvalue weighted by atomic mass is 9.95. The second-order valence-electron chi connectivity index (χ2n) is 7.86. The van der Waals surface area contributed by atoms with Crippen molar-refractivity contribution < 1.29 is 9.59 Å². The topological polar surface area (TPSA) is 93.0 Å². The van der Waals surface area contributed by atoms with Crippen LogP contribution in [0.25, 0.3) is 10.7 Å². The third-order valence-electron chi connectivity index (χ3n) is 5.45. The van der Waals surface area contributed by atoms with Crippen molar-refractivity contribution in [2.75, 3.05) is 6.54 Å². The molecule has 0 spiro atoms. The van der Waals surface area contributed by atoms with Crippen molar-refractivity contribution in [1.82, 2.24) is 30.4 Å². The molecule has 1 saturated carbocycles. The minimum atomic E-state index is -0.279. The Morgan fingerprint density at radius 2 is 1.97 bits per heavy atom. The van der Waals surface area contributed by atoms with E-state index in [0.717, 1.165) is 36.1 Å². The molecule has 0 radical (unpaired) electrons. The summed E-state index contributed by atoms with van der Waals surface area (Å²) in [6, 6.07) is 11.3. The van der Waals surface area contributed by atoms with Crippen LogP contribution in [0.15, 0.2) is 41.8 Å². The number of aromatic nitrogens is 4. The van der Waals surface area contributed by atoms with Crippen molar-refractivity contribution in [3.05, 3.63) is 52.4 Å². The summed E-state index contributed by atoms with van der Waals surface area (Å²) in [7, 11) is 0. The maximum Gasteiger partial charge on any atom is 0.247 e. The van der Waals surface area contributed by atoms with Crippen molar-refractivity contribution in [3.8, 4) is 10.7 Å². The van der Waals surface area contributed by atoms with Crippen LogP contribution in [0, 0.1) is 0 Å². The van der Waals surface area contributed by atoms with Gasteiger partial charge in [-0.2, -0.15) is 4.80 Å². The average molecular weight is 473 g/mol. The summed E-state index contributed by atoms with van der Waals surface area (Å²) in [4.78, 5) is 29.5. The molecule has 4 rings (SSSR count). The van der Waals surface area contributed by atoms with Crippen LogP contribution in [0.5, 0.6) is 0 Å². The van der Waals surface area contributed by atoms with Crippen LogP contribution in [0.3, 0.4) is 0 Å². The maximum absolute atomic E-state index is 13.1. The van der Waals surface area contributed by atoms with Gasteiger partial charge in [-0.25, -0.2) is 0 Å². The predicted octanol–water partition coefficient (Wildman–Crippen LogP) is 3.53. The Morgan fingerprint density at radius 1 is 1.16 bits per heavy atom. The molecule has 3 aromatic rings. The number of hydrogen-bond acceptors (Lipinski definition) is 6. The molecule has 2 heterocycles. The highest BCUT2D eigenvalue weighted by Gasteiger charge is 2.23. The number of carbonyl (C=O) groups is 2. The second kappa shape index (κ2) is 10.7. The number of amides is 2. The Morgan fingerprint density at radius 3 is 2.72 bits per heavy atom. The lowest BCUT2D eigenvalue weighted by Gasteiger charge is -2.26. The van der Waals surface area contributed by atoms with Crippen molar-refractivity contribution in [1.29, 1.82) is 0 Å². The van der Waals surface area contributed by atoms with Gasteiger partial charge >= 0.3 is 0 Å². The molecule has 1 fully saturated rings. The number of thiophene rings is 1. The Hall–Kier alpha value is -2.78. The molecule has 1 aliphatic carbocycles. The van der Waals surface area contributed by atoms with Gasteiger partial charge in [0.1, 0.15) is 6.54 Å². The van der Waals surface area contributed by atoms with E-state index in [0.29, 0.717) is 10.8 Å². The smallest absolute Gasteiger partial charge is 0.247 e. The summed E-state index contributed by atoms with van der Waals surface area (Å²) >= 11 is 7.81. The van der Waals surface area contributed by atoms with Crippen LogP contribution in [0.1, 0.15) is 37.7 Å². The van der Waals surface area contributed by atoms with E-state index in [1.165, 1.54) is 27.5 Å². The molecule has 2 aromatic heterocycles. The van der Waals surface area contributed by atoms with Gasteiger partial charge in [0.15, 0.2) is 0 Å². The van der Waals surface area contributed by atoms with E-state index < -0.39 is 0 Å². The summed E-state index contributed by atoms with van der Waals surface area (Å²) in [5.41, 5.74) is 0.777. The van der Waals surface area contributed by atoms with Gasteiger partial charge in [-0.15, -0.1) is 21.5 Å². The number of benzene rings is 1. The molecule has 8 nitrogen and oxygen atoms in total. The first-order valence-electron chi connectivity index (χ1n) is 10.7. The van der Waals surface area contributed by atoms with E-state index >= 15 is 0 Å². The summed E-state index contributed by atoms with van der Waals surface area (Å²) in [6.45, 7) is 0.0651. The van der Waals surface area contributed by atoms with E-state index in [9.17, 15) is 9.59 Å². The van der Waals surface area contributed by atoms with E-state index in [2.05, 4.69) is 20.7 Å². The predicted molar refractivity (Wildman–Crippen MR) is 123 cm³/mol. The monoisotopic (exact) mass is 472 g/mol. The summed E-state index contributed by atoms with van der Waals surface area (Å²) in [5, 5.41) is 17.9. The molecule has 168 valence electrons. The zero-order valence-corrected chi connectivity index (χ0v) is 19.2. The molecular formula is C22H25ClN6O2S. The van der Waals surface area contributed by atoms with E-state index in [1.807, 2.05) is 35.7 Å². The standard InChI is InChI=1S/C22H25ClN6O2S/c23-18-10-5-4-7-16(18)13-28(14-20(30)24-17-8-2-1-3-9-17)21(31)15-29-26-22(25-27-29)19-11-6-12-32-19/h4-7,10-12,17H,1-3,8-9,13-15H2,(H,24,30). The highest BCUT2D eigenvalue weighted by atomic mass is 35.5. The van der Waals surface area contributed by atoms with E-state index in [1.54, 1.807) is 6.07 Å². The van der Waals surface area contributed by atoms with Crippen molar-refractivity contribution in [2.45, 2.75) is 51.2 Å². The first kappa shape index (κ1) is 22.4. The van der Waals surface area contributed by atoms with Crippen LogP contribution in [-0.2, 0) is 22.7 Å². The van der Waals surface area contributed by atoms with Gasteiger partial charge in [0.2, 0.25) is 17.6 Å². The minimum absolute atomic E-state index is 0.0486. The van der Waals surface area contributed by atoms with Crippen LogP contribution in [-0.4, -0.2) is 49.5 Å². The maximum atomic E-state index is 13.1. The number of nitrogens with one attached hydrogen (secondary N) is 1. The molecule has 32 heavy (non-hydrogen) atoms. The van der Waals surface area contributed by atoms with E-state index in [4.69, 9.17) is 11.6 Å². The molecule has 2 amide bonds. The van der Waals surface area contributed by atoms with Gasteiger partial charge in [-0.3, -0.25) is 9.59 Å². The lowest BCUT2D eigenvalue weighted by Crippen LogP contribution is -2.45. The molecule has 0 saturated heterocycles. The highest BCUT2D eigenvalue weighted by molar-refractivity contribution is 7.13.